The average molecular weight is 823 g/mol. The molecule has 0 aliphatic carbocycles. The van der Waals surface area contributed by atoms with E-state index in [0.717, 1.165) is 38.5 Å². The number of aliphatic hydroxyl groups excluding tert-OH is 2. The van der Waals surface area contributed by atoms with Crippen molar-refractivity contribution in [3.05, 3.63) is 72.9 Å². The molecule has 0 aromatic carbocycles. The van der Waals surface area contributed by atoms with Crippen LogP contribution in [-0.2, 0) is 32.7 Å². The van der Waals surface area contributed by atoms with Gasteiger partial charge in [-0.3, -0.25) is 18.6 Å². The zero-order chi connectivity index (χ0) is 41.9. The van der Waals surface area contributed by atoms with Gasteiger partial charge < -0.3 is 24.6 Å². The van der Waals surface area contributed by atoms with Crippen molar-refractivity contribution in [2.24, 2.45) is 0 Å². The smallest absolute Gasteiger partial charge is 0.462 e. The van der Waals surface area contributed by atoms with Gasteiger partial charge >= 0.3 is 19.8 Å². The van der Waals surface area contributed by atoms with Gasteiger partial charge in [-0.2, -0.15) is 0 Å². The van der Waals surface area contributed by atoms with Gasteiger partial charge in [0.25, 0.3) is 0 Å². The minimum Gasteiger partial charge on any atom is -0.462 e. The molecule has 0 aliphatic rings. The van der Waals surface area contributed by atoms with E-state index >= 15 is 0 Å². The van der Waals surface area contributed by atoms with Crippen LogP contribution in [0.1, 0.15) is 168 Å². The fourth-order valence-corrected chi connectivity index (χ4v) is 6.25. The van der Waals surface area contributed by atoms with E-state index in [4.69, 9.17) is 19.1 Å². The quantitative estimate of drug-likeness (QED) is 0.0236. The Kier molecular flexibility index (Phi) is 39.7. The summed E-state index contributed by atoms with van der Waals surface area (Å²) in [6.07, 6.45) is 47.5. The van der Waals surface area contributed by atoms with Crippen LogP contribution in [0, 0.1) is 0 Å². The third-order valence-electron chi connectivity index (χ3n) is 8.86. The molecule has 0 fully saturated rings. The van der Waals surface area contributed by atoms with Crippen LogP contribution >= 0.6 is 7.82 Å². The summed E-state index contributed by atoms with van der Waals surface area (Å²) in [4.78, 5) is 34.9. The number of rotatable bonds is 40. The Balaban J connectivity index is 4.47. The molecule has 328 valence electrons. The second kappa shape index (κ2) is 41.6. The Hall–Kier alpha value is -2.59. The molecule has 0 saturated heterocycles. The van der Waals surface area contributed by atoms with E-state index in [1.165, 1.54) is 89.9 Å². The maximum atomic E-state index is 12.6. The standard InChI is InChI=1S/C46H79O10P/c1-3-5-7-9-11-13-15-17-19-20-21-22-24-26-28-30-32-34-36-38-46(50)56-44(42-55-57(51,52)54-40-43(48)39-47)41-53-45(49)37-35-33-31-29-27-25-23-18-16-14-12-10-8-6-4-2/h11,13,17,19,21-22,26,28,31-34,43-44,47-48H,3-10,12,14-16,18,20,23-25,27,29-30,35-42H2,1-2H3,(H,51,52). The van der Waals surface area contributed by atoms with Gasteiger partial charge in [0.2, 0.25) is 0 Å². The van der Waals surface area contributed by atoms with E-state index in [-0.39, 0.29) is 19.4 Å². The van der Waals surface area contributed by atoms with Crippen molar-refractivity contribution in [2.75, 3.05) is 26.4 Å². The van der Waals surface area contributed by atoms with E-state index in [0.29, 0.717) is 12.8 Å². The molecular weight excluding hydrogens is 743 g/mol. The van der Waals surface area contributed by atoms with Crippen molar-refractivity contribution < 1.29 is 47.8 Å². The van der Waals surface area contributed by atoms with Crippen LogP contribution in [0.2, 0.25) is 0 Å². The summed E-state index contributed by atoms with van der Waals surface area (Å²) in [5.41, 5.74) is 0. The SMILES string of the molecule is CCCCCC=CCC=CCC=CCC=CCC=CCCC(=O)OC(COC(=O)CCC=CCCCCCCCCCCCCC)COP(=O)(O)OCC(O)CO. The number of phosphoric ester groups is 1. The summed E-state index contributed by atoms with van der Waals surface area (Å²) < 4.78 is 32.6. The number of phosphoric acid groups is 1. The third-order valence-corrected chi connectivity index (χ3v) is 9.81. The molecule has 0 saturated carbocycles. The summed E-state index contributed by atoms with van der Waals surface area (Å²) in [5, 5.41) is 18.3. The Morgan fingerprint density at radius 3 is 1.44 bits per heavy atom. The van der Waals surface area contributed by atoms with Gasteiger partial charge in [-0.25, -0.2) is 4.57 Å². The molecule has 0 spiro atoms. The van der Waals surface area contributed by atoms with Crippen molar-refractivity contribution >= 4 is 19.8 Å². The lowest BCUT2D eigenvalue weighted by Crippen LogP contribution is -2.29. The molecule has 3 unspecified atom stereocenters. The molecule has 57 heavy (non-hydrogen) atoms. The number of carbonyl (C=O) groups excluding carboxylic acids is 2. The first-order valence-corrected chi connectivity index (χ1v) is 23.4. The van der Waals surface area contributed by atoms with E-state index in [1.807, 2.05) is 18.2 Å². The van der Waals surface area contributed by atoms with Gasteiger partial charge in [0.15, 0.2) is 6.10 Å². The fourth-order valence-electron chi connectivity index (χ4n) is 5.46. The van der Waals surface area contributed by atoms with Crippen molar-refractivity contribution in [2.45, 2.75) is 180 Å². The summed E-state index contributed by atoms with van der Waals surface area (Å²) in [6, 6.07) is 0. The van der Waals surface area contributed by atoms with Gasteiger partial charge in [-0.15, -0.1) is 0 Å². The Morgan fingerprint density at radius 1 is 0.526 bits per heavy atom. The largest absolute Gasteiger partial charge is 0.472 e. The molecule has 3 atom stereocenters. The maximum Gasteiger partial charge on any atom is 0.472 e. The number of ether oxygens (including phenoxy) is 2. The molecule has 11 heteroatoms. The summed E-state index contributed by atoms with van der Waals surface area (Å²) in [6.45, 7) is 2.22. The Bertz CT molecular complexity index is 1180. The van der Waals surface area contributed by atoms with E-state index in [1.54, 1.807) is 0 Å². The summed E-state index contributed by atoms with van der Waals surface area (Å²) in [5.74, 6) is -1.08. The molecular formula is C46H79O10P. The molecule has 0 aromatic rings. The van der Waals surface area contributed by atoms with Crippen LogP contribution in [-0.4, -0.2) is 65.7 Å². The molecule has 3 N–H and O–H groups in total. The van der Waals surface area contributed by atoms with Crippen LogP contribution < -0.4 is 0 Å². The molecule has 10 nitrogen and oxygen atoms in total. The third kappa shape index (κ3) is 41.4. The minimum atomic E-state index is -4.65. The number of esters is 2. The zero-order valence-electron chi connectivity index (χ0n) is 35.5. The molecule has 0 amide bonds. The highest BCUT2D eigenvalue weighted by molar-refractivity contribution is 7.47. The number of allylic oxidation sites excluding steroid dienone is 12. The number of unbranched alkanes of at least 4 members (excludes halogenated alkanes) is 14. The second-order valence-electron chi connectivity index (χ2n) is 14.4. The predicted octanol–water partition coefficient (Wildman–Crippen LogP) is 11.7. The van der Waals surface area contributed by atoms with Gasteiger partial charge in [-0.1, -0.05) is 164 Å². The topological polar surface area (TPSA) is 149 Å². The summed E-state index contributed by atoms with van der Waals surface area (Å²) >= 11 is 0. The first-order valence-electron chi connectivity index (χ1n) is 21.9. The van der Waals surface area contributed by atoms with E-state index < -0.39 is 51.8 Å². The fraction of sp³-hybridized carbons (Fsp3) is 0.696. The molecule has 0 aromatic heterocycles. The van der Waals surface area contributed by atoms with Crippen LogP contribution in [0.3, 0.4) is 0 Å². The highest BCUT2D eigenvalue weighted by Crippen LogP contribution is 2.43. The maximum absolute atomic E-state index is 12.6. The van der Waals surface area contributed by atoms with Gasteiger partial charge in [0.1, 0.15) is 12.7 Å². The predicted molar refractivity (Wildman–Crippen MR) is 233 cm³/mol. The normalized spacial score (nSPS) is 14.5. The average Bonchev–Trinajstić information content (AvgIpc) is 3.20. The molecule has 0 heterocycles. The van der Waals surface area contributed by atoms with Crippen molar-refractivity contribution in [1.82, 2.24) is 0 Å². The molecule has 0 rings (SSSR count). The van der Waals surface area contributed by atoms with Crippen molar-refractivity contribution in [1.29, 1.82) is 0 Å². The molecule has 0 radical (unpaired) electrons. The molecule has 0 bridgehead atoms. The zero-order valence-corrected chi connectivity index (χ0v) is 36.4. The lowest BCUT2D eigenvalue weighted by molar-refractivity contribution is -0.161. The second-order valence-corrected chi connectivity index (χ2v) is 15.8. The lowest BCUT2D eigenvalue weighted by atomic mass is 10.1. The number of hydrogen-bond donors (Lipinski definition) is 3. The van der Waals surface area contributed by atoms with Crippen LogP contribution in [0.15, 0.2) is 72.9 Å². The van der Waals surface area contributed by atoms with Crippen LogP contribution in [0.5, 0.6) is 0 Å². The first kappa shape index (κ1) is 54.4. The first-order chi connectivity index (χ1) is 27.7. The number of aliphatic hydroxyl groups is 2. The highest BCUT2D eigenvalue weighted by atomic mass is 31.2. The van der Waals surface area contributed by atoms with Crippen molar-refractivity contribution in [3.63, 3.8) is 0 Å². The molecule has 0 aliphatic heterocycles. The number of hydrogen-bond acceptors (Lipinski definition) is 9. The number of carbonyl (C=O) groups is 2. The minimum absolute atomic E-state index is 0.0511. The van der Waals surface area contributed by atoms with Crippen LogP contribution in [0.4, 0.5) is 0 Å². The van der Waals surface area contributed by atoms with Gasteiger partial charge in [-0.05, 0) is 64.2 Å². The van der Waals surface area contributed by atoms with E-state index in [2.05, 4.69) is 73.1 Å². The Morgan fingerprint density at radius 2 is 0.912 bits per heavy atom. The van der Waals surface area contributed by atoms with Crippen LogP contribution in [0.25, 0.3) is 0 Å². The highest BCUT2D eigenvalue weighted by Gasteiger charge is 2.27. The Labute approximate surface area is 346 Å². The van der Waals surface area contributed by atoms with Gasteiger partial charge in [0.05, 0.1) is 19.8 Å². The van der Waals surface area contributed by atoms with E-state index in [9.17, 15) is 24.2 Å². The van der Waals surface area contributed by atoms with Gasteiger partial charge in [0, 0.05) is 12.8 Å². The monoisotopic (exact) mass is 823 g/mol. The summed E-state index contributed by atoms with van der Waals surface area (Å²) in [7, 11) is -4.65. The lowest BCUT2D eigenvalue weighted by Gasteiger charge is -2.20. The van der Waals surface area contributed by atoms with Crippen molar-refractivity contribution in [3.8, 4) is 0 Å².